The van der Waals surface area contributed by atoms with Crippen molar-refractivity contribution >= 4 is 11.6 Å². The van der Waals surface area contributed by atoms with E-state index in [1.165, 1.54) is 0 Å². The second-order valence-electron chi connectivity index (χ2n) is 7.81. The van der Waals surface area contributed by atoms with Crippen LogP contribution < -0.4 is 25.0 Å². The van der Waals surface area contributed by atoms with Gasteiger partial charge >= 0.3 is 0 Å². The summed E-state index contributed by atoms with van der Waals surface area (Å²) in [4.78, 5) is 7.11. The fourth-order valence-electron chi connectivity index (χ4n) is 3.56. The van der Waals surface area contributed by atoms with Crippen molar-refractivity contribution in [3.05, 3.63) is 29.8 Å². The van der Waals surface area contributed by atoms with E-state index in [0.29, 0.717) is 12.6 Å². The van der Waals surface area contributed by atoms with E-state index >= 15 is 0 Å². The SMILES string of the molecule is CCCCNC(=NCc1nnc(C)n1C)NC1CCN(c2cc(OC)cc(OC)c2)C1. The fourth-order valence-corrected chi connectivity index (χ4v) is 3.56. The lowest BCUT2D eigenvalue weighted by Gasteiger charge is -2.21. The van der Waals surface area contributed by atoms with Gasteiger partial charge in [-0.2, -0.15) is 0 Å². The number of ether oxygens (including phenoxy) is 2. The maximum Gasteiger partial charge on any atom is 0.191 e. The third-order valence-electron chi connectivity index (χ3n) is 5.61. The van der Waals surface area contributed by atoms with E-state index in [9.17, 15) is 0 Å². The van der Waals surface area contributed by atoms with E-state index in [1.807, 2.05) is 24.6 Å². The van der Waals surface area contributed by atoms with E-state index in [4.69, 9.17) is 14.5 Å². The molecular weight excluding hydrogens is 394 g/mol. The zero-order chi connectivity index (χ0) is 22.2. The highest BCUT2D eigenvalue weighted by Gasteiger charge is 2.24. The molecule has 1 saturated heterocycles. The molecule has 0 bridgehead atoms. The van der Waals surface area contributed by atoms with Gasteiger partial charge in [0.2, 0.25) is 0 Å². The molecule has 0 amide bonds. The van der Waals surface area contributed by atoms with Crippen LogP contribution in [0.2, 0.25) is 0 Å². The summed E-state index contributed by atoms with van der Waals surface area (Å²) in [5.41, 5.74) is 1.10. The molecule has 1 fully saturated rings. The number of hydrogen-bond donors (Lipinski definition) is 2. The molecule has 0 spiro atoms. The highest BCUT2D eigenvalue weighted by molar-refractivity contribution is 5.80. The molecular formula is C22H35N7O2. The number of aliphatic imine (C=N–C) groups is 1. The van der Waals surface area contributed by atoms with Gasteiger partial charge in [-0.25, -0.2) is 4.99 Å². The number of anilines is 1. The number of rotatable bonds is 9. The van der Waals surface area contributed by atoms with E-state index in [0.717, 1.165) is 73.7 Å². The molecule has 9 nitrogen and oxygen atoms in total. The summed E-state index contributed by atoms with van der Waals surface area (Å²) in [6, 6.07) is 6.30. The lowest BCUT2D eigenvalue weighted by molar-refractivity contribution is 0.394. The molecule has 1 aliphatic rings. The van der Waals surface area contributed by atoms with Crippen LogP contribution in [0.4, 0.5) is 5.69 Å². The first-order chi connectivity index (χ1) is 15.0. The maximum atomic E-state index is 5.42. The van der Waals surface area contributed by atoms with Gasteiger partial charge in [0.15, 0.2) is 11.8 Å². The summed E-state index contributed by atoms with van der Waals surface area (Å²) >= 11 is 0. The van der Waals surface area contributed by atoms with Crippen LogP contribution in [0.3, 0.4) is 0 Å². The minimum Gasteiger partial charge on any atom is -0.497 e. The van der Waals surface area contributed by atoms with E-state index in [-0.39, 0.29) is 0 Å². The Morgan fingerprint density at radius 3 is 2.55 bits per heavy atom. The molecule has 0 aliphatic carbocycles. The van der Waals surface area contributed by atoms with Gasteiger partial charge in [-0.05, 0) is 19.8 Å². The third kappa shape index (κ3) is 6.02. The number of benzene rings is 1. The molecule has 0 saturated carbocycles. The van der Waals surface area contributed by atoms with E-state index < -0.39 is 0 Å². The maximum absolute atomic E-state index is 5.42. The Morgan fingerprint density at radius 1 is 1.19 bits per heavy atom. The smallest absolute Gasteiger partial charge is 0.191 e. The van der Waals surface area contributed by atoms with Gasteiger partial charge in [0.1, 0.15) is 23.9 Å². The lowest BCUT2D eigenvalue weighted by Crippen LogP contribution is -2.45. The Balaban J connectivity index is 1.66. The Morgan fingerprint density at radius 2 is 1.94 bits per heavy atom. The zero-order valence-corrected chi connectivity index (χ0v) is 19.3. The summed E-state index contributed by atoms with van der Waals surface area (Å²) in [6.07, 6.45) is 3.26. The minimum absolute atomic E-state index is 0.298. The highest BCUT2D eigenvalue weighted by Crippen LogP contribution is 2.30. The monoisotopic (exact) mass is 429 g/mol. The average Bonchev–Trinajstić information content (AvgIpc) is 3.38. The van der Waals surface area contributed by atoms with Crippen molar-refractivity contribution in [3.8, 4) is 11.5 Å². The number of methoxy groups -OCH3 is 2. The molecule has 2 aromatic rings. The Bertz CT molecular complexity index is 858. The highest BCUT2D eigenvalue weighted by atomic mass is 16.5. The van der Waals surface area contributed by atoms with E-state index in [2.05, 4.69) is 44.8 Å². The summed E-state index contributed by atoms with van der Waals surface area (Å²) in [5.74, 6) is 4.16. The Hall–Kier alpha value is -2.97. The molecule has 0 radical (unpaired) electrons. The number of guanidine groups is 1. The standard InChI is InChI=1S/C22H35N7O2/c1-6-7-9-23-22(24-14-21-27-26-16(2)28(21)3)25-17-8-10-29(15-17)18-11-19(30-4)13-20(12-18)31-5/h11-13,17H,6-10,14-15H2,1-5H3,(H2,23,24,25). The average molecular weight is 430 g/mol. The van der Waals surface area contributed by atoms with Crippen molar-refractivity contribution in [1.29, 1.82) is 0 Å². The Labute approximate surface area is 184 Å². The first-order valence-electron chi connectivity index (χ1n) is 10.9. The Kier molecular flexibility index (Phi) is 7.97. The quantitative estimate of drug-likeness (QED) is 0.359. The molecule has 1 unspecified atom stereocenters. The summed E-state index contributed by atoms with van der Waals surface area (Å²) in [7, 11) is 5.32. The van der Waals surface area contributed by atoms with Crippen LogP contribution in [0, 0.1) is 6.92 Å². The van der Waals surface area contributed by atoms with Crippen LogP contribution >= 0.6 is 0 Å². The molecule has 2 N–H and O–H groups in total. The van der Waals surface area contributed by atoms with Crippen molar-refractivity contribution in [1.82, 2.24) is 25.4 Å². The first-order valence-corrected chi connectivity index (χ1v) is 10.9. The number of unbranched alkanes of at least 4 members (excludes halogenated alkanes) is 1. The number of hydrogen-bond acceptors (Lipinski definition) is 6. The van der Waals surface area contributed by atoms with Crippen molar-refractivity contribution < 1.29 is 9.47 Å². The molecule has 3 rings (SSSR count). The third-order valence-corrected chi connectivity index (χ3v) is 5.61. The first kappa shape index (κ1) is 22.7. The zero-order valence-electron chi connectivity index (χ0n) is 19.3. The second kappa shape index (κ2) is 10.9. The van der Waals surface area contributed by atoms with Gasteiger partial charge in [0.25, 0.3) is 0 Å². The van der Waals surface area contributed by atoms with Gasteiger partial charge in [0, 0.05) is 56.6 Å². The molecule has 1 atom stereocenters. The van der Waals surface area contributed by atoms with Crippen molar-refractivity contribution in [2.24, 2.45) is 12.0 Å². The molecule has 170 valence electrons. The summed E-state index contributed by atoms with van der Waals surface area (Å²) < 4.78 is 12.8. The van der Waals surface area contributed by atoms with Gasteiger partial charge in [0.05, 0.1) is 14.2 Å². The predicted octanol–water partition coefficient (Wildman–Crippen LogP) is 2.25. The number of nitrogens with one attached hydrogen (secondary N) is 2. The van der Waals surface area contributed by atoms with Gasteiger partial charge in [-0.15, -0.1) is 10.2 Å². The van der Waals surface area contributed by atoms with Crippen molar-refractivity contribution in [2.75, 3.05) is 38.8 Å². The molecule has 31 heavy (non-hydrogen) atoms. The van der Waals surface area contributed by atoms with Crippen LogP contribution in [0.25, 0.3) is 0 Å². The molecule has 9 heteroatoms. The minimum atomic E-state index is 0.298. The number of aromatic nitrogens is 3. The number of nitrogens with zero attached hydrogens (tertiary/aromatic N) is 5. The van der Waals surface area contributed by atoms with Crippen molar-refractivity contribution in [2.45, 2.75) is 45.7 Å². The molecule has 1 aliphatic heterocycles. The largest absolute Gasteiger partial charge is 0.497 e. The fraction of sp³-hybridized carbons (Fsp3) is 0.591. The van der Waals surface area contributed by atoms with Crippen LogP contribution in [0.15, 0.2) is 23.2 Å². The van der Waals surface area contributed by atoms with Gasteiger partial charge in [-0.1, -0.05) is 13.3 Å². The second-order valence-corrected chi connectivity index (χ2v) is 7.81. The lowest BCUT2D eigenvalue weighted by atomic mass is 10.2. The molecule has 2 heterocycles. The normalized spacial score (nSPS) is 16.5. The van der Waals surface area contributed by atoms with Crippen LogP contribution in [-0.4, -0.2) is 60.6 Å². The predicted molar refractivity (Wildman–Crippen MR) is 123 cm³/mol. The topological polar surface area (TPSA) is 88.8 Å². The molecule has 1 aromatic heterocycles. The number of aryl methyl sites for hydroxylation is 1. The van der Waals surface area contributed by atoms with Crippen LogP contribution in [0.1, 0.15) is 37.8 Å². The van der Waals surface area contributed by atoms with Crippen LogP contribution in [-0.2, 0) is 13.6 Å². The van der Waals surface area contributed by atoms with Gasteiger partial charge < -0.3 is 29.6 Å². The van der Waals surface area contributed by atoms with E-state index in [1.54, 1.807) is 14.2 Å². The van der Waals surface area contributed by atoms with Crippen LogP contribution in [0.5, 0.6) is 11.5 Å². The summed E-state index contributed by atoms with van der Waals surface area (Å²) in [5, 5.41) is 15.4. The summed E-state index contributed by atoms with van der Waals surface area (Å²) in [6.45, 7) is 7.35. The van der Waals surface area contributed by atoms with Gasteiger partial charge in [-0.3, -0.25) is 0 Å². The molecule has 1 aromatic carbocycles. The van der Waals surface area contributed by atoms with Crippen molar-refractivity contribution in [3.63, 3.8) is 0 Å².